The Labute approximate surface area is 147 Å². The Hall–Kier alpha value is -0.890. The van der Waals surface area contributed by atoms with Gasteiger partial charge in [0, 0.05) is 11.1 Å². The molecule has 0 spiro atoms. The molecule has 0 aliphatic heterocycles. The van der Waals surface area contributed by atoms with Crippen LogP contribution in [0.25, 0.3) is 0 Å². The number of hydrogen-bond donors (Lipinski definition) is 1. The zero-order chi connectivity index (χ0) is 16.8. The molecule has 0 atom stereocenters. The predicted octanol–water partition coefficient (Wildman–Crippen LogP) is 7.13. The molecule has 0 saturated heterocycles. The van der Waals surface area contributed by atoms with Crippen molar-refractivity contribution in [3.05, 3.63) is 23.2 Å². The molecule has 23 heavy (non-hydrogen) atoms. The smallest absolute Gasteiger partial charge is 0.124 e. The first-order chi connectivity index (χ1) is 11.2. The summed E-state index contributed by atoms with van der Waals surface area (Å²) in [7, 11) is 0. The lowest BCUT2D eigenvalue weighted by Crippen LogP contribution is -1.97. The average Bonchev–Trinajstić information content (AvgIpc) is 2.51. The van der Waals surface area contributed by atoms with E-state index in [0.29, 0.717) is 17.4 Å². The molecule has 0 aromatic heterocycles. The Morgan fingerprint density at radius 2 is 1.30 bits per heavy atom. The molecule has 0 unspecified atom stereocenters. The Morgan fingerprint density at radius 3 is 1.83 bits per heavy atom. The van der Waals surface area contributed by atoms with E-state index in [1.54, 1.807) is 12.1 Å². The molecule has 1 aromatic carbocycles. The summed E-state index contributed by atoms with van der Waals surface area (Å²) < 4.78 is 5.62. The molecule has 1 N–H and O–H groups in total. The number of rotatable bonds is 14. The summed E-state index contributed by atoms with van der Waals surface area (Å²) in [6.07, 6.45) is 16.1. The van der Waals surface area contributed by atoms with Gasteiger partial charge in [-0.1, -0.05) is 89.2 Å². The lowest BCUT2D eigenvalue weighted by Gasteiger charge is -2.07. The summed E-state index contributed by atoms with van der Waals surface area (Å²) in [5, 5.41) is 9.94. The van der Waals surface area contributed by atoms with Gasteiger partial charge in [-0.25, -0.2) is 0 Å². The van der Waals surface area contributed by atoms with Crippen molar-refractivity contribution >= 4 is 11.6 Å². The van der Waals surface area contributed by atoms with Crippen molar-refractivity contribution in [3.63, 3.8) is 0 Å². The van der Waals surface area contributed by atoms with Gasteiger partial charge in [-0.15, -0.1) is 0 Å². The summed E-state index contributed by atoms with van der Waals surface area (Å²) in [4.78, 5) is 0. The van der Waals surface area contributed by atoms with E-state index in [9.17, 15) is 5.11 Å². The van der Waals surface area contributed by atoms with E-state index < -0.39 is 0 Å². The van der Waals surface area contributed by atoms with Crippen LogP contribution in [0.3, 0.4) is 0 Å². The molecule has 0 aliphatic carbocycles. The van der Waals surface area contributed by atoms with Crippen molar-refractivity contribution in [2.45, 2.75) is 84.0 Å². The lowest BCUT2D eigenvalue weighted by atomic mass is 10.1. The minimum Gasteiger partial charge on any atom is -0.508 e. The van der Waals surface area contributed by atoms with Crippen LogP contribution in [0.4, 0.5) is 0 Å². The molecule has 132 valence electrons. The standard InChI is InChI=1S/C20H33ClO2/c1-2-3-4-5-6-7-8-9-10-11-12-13-14-23-20-16-18(21)15-19(22)17-20/h15-17,22H,2-14H2,1H3. The quantitative estimate of drug-likeness (QED) is 0.365. The van der Waals surface area contributed by atoms with Gasteiger partial charge in [0.2, 0.25) is 0 Å². The van der Waals surface area contributed by atoms with Gasteiger partial charge in [0.1, 0.15) is 11.5 Å². The Kier molecular flexibility index (Phi) is 11.9. The maximum atomic E-state index is 9.43. The van der Waals surface area contributed by atoms with Crippen LogP contribution in [-0.2, 0) is 0 Å². The molecular formula is C20H33ClO2. The topological polar surface area (TPSA) is 29.5 Å². The highest BCUT2D eigenvalue weighted by Crippen LogP contribution is 2.25. The highest BCUT2D eigenvalue weighted by Gasteiger charge is 1.99. The second-order valence-electron chi connectivity index (χ2n) is 6.38. The summed E-state index contributed by atoms with van der Waals surface area (Å²) in [5.41, 5.74) is 0. The Morgan fingerprint density at radius 1 is 0.783 bits per heavy atom. The van der Waals surface area contributed by atoms with E-state index in [2.05, 4.69) is 6.92 Å². The van der Waals surface area contributed by atoms with E-state index >= 15 is 0 Å². The van der Waals surface area contributed by atoms with Crippen molar-refractivity contribution < 1.29 is 9.84 Å². The minimum absolute atomic E-state index is 0.155. The maximum Gasteiger partial charge on any atom is 0.124 e. The highest BCUT2D eigenvalue weighted by atomic mass is 35.5. The monoisotopic (exact) mass is 340 g/mol. The van der Waals surface area contributed by atoms with E-state index in [1.165, 1.54) is 76.7 Å². The normalized spacial score (nSPS) is 10.9. The number of phenols is 1. The molecule has 1 aromatic rings. The van der Waals surface area contributed by atoms with Crippen molar-refractivity contribution in [2.24, 2.45) is 0 Å². The first-order valence-corrected chi connectivity index (χ1v) is 9.72. The number of aromatic hydroxyl groups is 1. The van der Waals surface area contributed by atoms with Crippen LogP contribution in [-0.4, -0.2) is 11.7 Å². The minimum atomic E-state index is 0.155. The van der Waals surface area contributed by atoms with Crippen molar-refractivity contribution in [3.8, 4) is 11.5 Å². The SMILES string of the molecule is CCCCCCCCCCCCCCOc1cc(O)cc(Cl)c1. The van der Waals surface area contributed by atoms with Crippen LogP contribution in [0.5, 0.6) is 11.5 Å². The molecule has 0 radical (unpaired) electrons. The highest BCUT2D eigenvalue weighted by molar-refractivity contribution is 6.30. The summed E-state index contributed by atoms with van der Waals surface area (Å²) in [6.45, 7) is 2.96. The number of ether oxygens (including phenoxy) is 1. The number of hydrogen-bond acceptors (Lipinski definition) is 2. The van der Waals surface area contributed by atoms with Crippen molar-refractivity contribution in [1.29, 1.82) is 0 Å². The molecule has 0 saturated carbocycles. The summed E-state index contributed by atoms with van der Waals surface area (Å²) in [5.74, 6) is 0.806. The summed E-state index contributed by atoms with van der Waals surface area (Å²) in [6, 6.07) is 4.85. The van der Waals surface area contributed by atoms with Crippen LogP contribution in [0.2, 0.25) is 5.02 Å². The predicted molar refractivity (Wildman–Crippen MR) is 99.7 cm³/mol. The van der Waals surface area contributed by atoms with Gasteiger partial charge in [0.15, 0.2) is 0 Å². The second kappa shape index (κ2) is 13.5. The van der Waals surface area contributed by atoms with Crippen molar-refractivity contribution in [2.75, 3.05) is 6.61 Å². The van der Waals surface area contributed by atoms with Gasteiger partial charge in [0.05, 0.1) is 6.61 Å². The third-order valence-electron chi connectivity index (χ3n) is 4.12. The lowest BCUT2D eigenvalue weighted by molar-refractivity contribution is 0.302. The van der Waals surface area contributed by atoms with Gasteiger partial charge in [-0.05, 0) is 18.6 Å². The number of benzene rings is 1. The second-order valence-corrected chi connectivity index (χ2v) is 6.82. The van der Waals surface area contributed by atoms with Gasteiger partial charge in [-0.3, -0.25) is 0 Å². The zero-order valence-electron chi connectivity index (χ0n) is 14.7. The van der Waals surface area contributed by atoms with E-state index in [0.717, 1.165) is 6.42 Å². The molecule has 0 amide bonds. The fraction of sp³-hybridized carbons (Fsp3) is 0.700. The third-order valence-corrected chi connectivity index (χ3v) is 4.34. The van der Waals surface area contributed by atoms with Crippen LogP contribution < -0.4 is 4.74 Å². The van der Waals surface area contributed by atoms with Crippen LogP contribution >= 0.6 is 11.6 Å². The maximum absolute atomic E-state index is 9.43. The molecule has 1 rings (SSSR count). The molecule has 0 bridgehead atoms. The molecule has 0 aliphatic rings. The molecule has 2 nitrogen and oxygen atoms in total. The zero-order valence-corrected chi connectivity index (χ0v) is 15.4. The summed E-state index contributed by atoms with van der Waals surface area (Å²) >= 11 is 5.87. The van der Waals surface area contributed by atoms with E-state index in [4.69, 9.17) is 16.3 Å². The number of unbranched alkanes of at least 4 members (excludes halogenated alkanes) is 11. The molecule has 0 heterocycles. The molecular weight excluding hydrogens is 308 g/mol. The van der Waals surface area contributed by atoms with Gasteiger partial charge < -0.3 is 9.84 Å². The van der Waals surface area contributed by atoms with Crippen molar-refractivity contribution in [1.82, 2.24) is 0 Å². The first kappa shape index (κ1) is 20.2. The Balaban J connectivity index is 1.86. The first-order valence-electron chi connectivity index (χ1n) is 9.34. The van der Waals surface area contributed by atoms with Gasteiger partial charge in [0.25, 0.3) is 0 Å². The van der Waals surface area contributed by atoms with Crippen LogP contribution in [0.15, 0.2) is 18.2 Å². The Bertz CT molecular complexity index is 386. The number of halogens is 1. The number of phenolic OH excluding ortho intramolecular Hbond substituents is 1. The fourth-order valence-corrected chi connectivity index (χ4v) is 2.98. The fourth-order valence-electron chi connectivity index (χ4n) is 2.76. The van der Waals surface area contributed by atoms with Crippen LogP contribution in [0.1, 0.15) is 84.0 Å². The van der Waals surface area contributed by atoms with Gasteiger partial charge >= 0.3 is 0 Å². The third kappa shape index (κ3) is 11.3. The molecule has 0 fully saturated rings. The molecule has 3 heteroatoms. The van der Waals surface area contributed by atoms with E-state index in [-0.39, 0.29) is 5.75 Å². The van der Waals surface area contributed by atoms with E-state index in [1.807, 2.05) is 0 Å². The average molecular weight is 341 g/mol. The van der Waals surface area contributed by atoms with Crippen LogP contribution in [0, 0.1) is 0 Å². The largest absolute Gasteiger partial charge is 0.508 e. The van der Waals surface area contributed by atoms with Gasteiger partial charge in [-0.2, -0.15) is 0 Å².